The van der Waals surface area contributed by atoms with Crippen LogP contribution < -0.4 is 10.2 Å². The Morgan fingerprint density at radius 1 is 1.25 bits per heavy atom. The molecule has 0 saturated carbocycles. The normalized spacial score (nSPS) is 14.5. The van der Waals surface area contributed by atoms with Crippen LogP contribution in [0.1, 0.15) is 15.9 Å². The Labute approximate surface area is 145 Å². The Kier molecular flexibility index (Phi) is 5.02. The summed E-state index contributed by atoms with van der Waals surface area (Å²) in [6.07, 6.45) is 0. The van der Waals surface area contributed by atoms with Crippen LogP contribution in [-0.4, -0.2) is 32.2 Å². The molecule has 0 aliphatic carbocycles. The molecule has 2 aromatic carbocycles. The van der Waals surface area contributed by atoms with Crippen molar-refractivity contribution in [2.24, 2.45) is 0 Å². The van der Waals surface area contributed by atoms with Gasteiger partial charge in [0.25, 0.3) is 5.91 Å². The molecule has 1 heterocycles. The van der Waals surface area contributed by atoms with Crippen molar-refractivity contribution in [2.45, 2.75) is 6.92 Å². The second-order valence-corrected chi connectivity index (χ2v) is 6.06. The monoisotopic (exact) mass is 348 g/mol. The van der Waals surface area contributed by atoms with Gasteiger partial charge < -0.3 is 15.0 Å². The topological polar surface area (TPSA) is 41.6 Å². The fraction of sp³-hybridized carbons (Fsp3) is 0.278. The van der Waals surface area contributed by atoms with Gasteiger partial charge in [0.1, 0.15) is 5.82 Å². The van der Waals surface area contributed by atoms with E-state index in [9.17, 15) is 9.18 Å². The summed E-state index contributed by atoms with van der Waals surface area (Å²) in [6, 6.07) is 10.0. The Hall–Kier alpha value is -2.11. The molecule has 126 valence electrons. The average Bonchev–Trinajstić information content (AvgIpc) is 2.57. The van der Waals surface area contributed by atoms with Crippen molar-refractivity contribution < 1.29 is 13.9 Å². The molecule has 0 atom stereocenters. The molecular formula is C18H18ClFN2O2. The highest BCUT2D eigenvalue weighted by Gasteiger charge is 2.18. The van der Waals surface area contributed by atoms with Gasteiger partial charge in [0, 0.05) is 24.5 Å². The van der Waals surface area contributed by atoms with Gasteiger partial charge in [-0.1, -0.05) is 23.7 Å². The summed E-state index contributed by atoms with van der Waals surface area (Å²) in [4.78, 5) is 14.6. The van der Waals surface area contributed by atoms with Crippen molar-refractivity contribution in [3.8, 4) is 0 Å². The molecule has 6 heteroatoms. The summed E-state index contributed by atoms with van der Waals surface area (Å²) >= 11 is 5.96. The highest BCUT2D eigenvalue weighted by atomic mass is 35.5. The second kappa shape index (κ2) is 7.20. The van der Waals surface area contributed by atoms with E-state index in [-0.39, 0.29) is 10.6 Å². The fourth-order valence-corrected chi connectivity index (χ4v) is 2.91. The highest BCUT2D eigenvalue weighted by molar-refractivity contribution is 6.34. The van der Waals surface area contributed by atoms with E-state index < -0.39 is 11.7 Å². The van der Waals surface area contributed by atoms with Gasteiger partial charge in [-0.15, -0.1) is 0 Å². The zero-order valence-electron chi connectivity index (χ0n) is 13.3. The first-order valence-electron chi connectivity index (χ1n) is 7.75. The quantitative estimate of drug-likeness (QED) is 0.915. The van der Waals surface area contributed by atoms with E-state index in [0.717, 1.165) is 24.3 Å². The van der Waals surface area contributed by atoms with Gasteiger partial charge in [-0.05, 0) is 36.8 Å². The van der Waals surface area contributed by atoms with Crippen LogP contribution in [0.3, 0.4) is 0 Å². The summed E-state index contributed by atoms with van der Waals surface area (Å²) in [5.41, 5.74) is 2.39. The summed E-state index contributed by atoms with van der Waals surface area (Å²) in [5.74, 6) is -1.19. The number of morpholine rings is 1. The number of amides is 1. The molecule has 0 unspecified atom stereocenters. The maximum Gasteiger partial charge on any atom is 0.260 e. The number of carbonyl (C=O) groups is 1. The number of aryl methyl sites for hydroxylation is 1. The standard InChI is InChI=1S/C18H18ClFN2O2/c1-12-5-6-13(22-7-9-24-10-8-22)11-16(12)21-18(23)17-14(19)3-2-4-15(17)20/h2-6,11H,7-10H2,1H3,(H,21,23). The molecule has 0 aromatic heterocycles. The van der Waals surface area contributed by atoms with Gasteiger partial charge in [-0.25, -0.2) is 4.39 Å². The fourth-order valence-electron chi connectivity index (χ4n) is 2.66. The SMILES string of the molecule is Cc1ccc(N2CCOCC2)cc1NC(=O)c1c(F)cccc1Cl. The maximum atomic E-state index is 13.9. The van der Waals surface area contributed by atoms with Crippen molar-refractivity contribution in [2.75, 3.05) is 36.5 Å². The van der Waals surface area contributed by atoms with Gasteiger partial charge in [-0.2, -0.15) is 0 Å². The maximum absolute atomic E-state index is 13.9. The lowest BCUT2D eigenvalue weighted by atomic mass is 10.1. The van der Waals surface area contributed by atoms with Crippen LogP contribution in [0.2, 0.25) is 5.02 Å². The molecule has 1 aliphatic heterocycles. The molecule has 0 bridgehead atoms. The molecule has 4 nitrogen and oxygen atoms in total. The lowest BCUT2D eigenvalue weighted by molar-refractivity contribution is 0.102. The second-order valence-electron chi connectivity index (χ2n) is 5.65. The number of anilines is 2. The Morgan fingerprint density at radius 3 is 2.71 bits per heavy atom. The Balaban J connectivity index is 1.85. The minimum Gasteiger partial charge on any atom is -0.378 e. The molecule has 24 heavy (non-hydrogen) atoms. The van der Waals surface area contributed by atoms with Gasteiger partial charge in [-0.3, -0.25) is 4.79 Å². The van der Waals surface area contributed by atoms with Crippen molar-refractivity contribution in [3.05, 3.63) is 58.4 Å². The molecule has 1 fully saturated rings. The predicted octanol–water partition coefficient (Wildman–Crippen LogP) is 3.88. The van der Waals surface area contributed by atoms with Gasteiger partial charge in [0.15, 0.2) is 0 Å². The number of benzene rings is 2. The molecule has 3 rings (SSSR count). The van der Waals surface area contributed by atoms with E-state index in [0.29, 0.717) is 18.9 Å². The summed E-state index contributed by atoms with van der Waals surface area (Å²) in [6.45, 7) is 4.85. The molecule has 2 aromatic rings. The first kappa shape index (κ1) is 16.7. The molecule has 1 aliphatic rings. The van der Waals surface area contributed by atoms with Crippen molar-refractivity contribution in [1.29, 1.82) is 0 Å². The average molecular weight is 349 g/mol. The number of hydrogen-bond donors (Lipinski definition) is 1. The van der Waals surface area contributed by atoms with Crippen LogP contribution in [0.15, 0.2) is 36.4 Å². The zero-order valence-corrected chi connectivity index (χ0v) is 14.1. The highest BCUT2D eigenvalue weighted by Crippen LogP contribution is 2.26. The number of nitrogens with one attached hydrogen (secondary N) is 1. The molecular weight excluding hydrogens is 331 g/mol. The lowest BCUT2D eigenvalue weighted by Gasteiger charge is -2.29. The van der Waals surface area contributed by atoms with E-state index in [4.69, 9.17) is 16.3 Å². The zero-order chi connectivity index (χ0) is 17.1. The molecule has 1 amide bonds. The van der Waals surface area contributed by atoms with E-state index in [1.165, 1.54) is 18.2 Å². The van der Waals surface area contributed by atoms with Crippen molar-refractivity contribution in [1.82, 2.24) is 0 Å². The van der Waals surface area contributed by atoms with E-state index >= 15 is 0 Å². The molecule has 1 N–H and O–H groups in total. The number of rotatable bonds is 3. The number of ether oxygens (including phenoxy) is 1. The number of halogens is 2. The van der Waals surface area contributed by atoms with Crippen LogP contribution in [0.4, 0.5) is 15.8 Å². The summed E-state index contributed by atoms with van der Waals surface area (Å²) < 4.78 is 19.3. The van der Waals surface area contributed by atoms with Crippen LogP contribution >= 0.6 is 11.6 Å². The van der Waals surface area contributed by atoms with Gasteiger partial charge >= 0.3 is 0 Å². The predicted molar refractivity (Wildman–Crippen MR) is 93.6 cm³/mol. The molecule has 0 spiro atoms. The third-order valence-electron chi connectivity index (χ3n) is 4.04. The van der Waals surface area contributed by atoms with Crippen LogP contribution in [0.25, 0.3) is 0 Å². The van der Waals surface area contributed by atoms with E-state index in [2.05, 4.69) is 10.2 Å². The van der Waals surface area contributed by atoms with Gasteiger partial charge in [0.2, 0.25) is 0 Å². The smallest absolute Gasteiger partial charge is 0.260 e. The number of carbonyl (C=O) groups excluding carboxylic acids is 1. The third-order valence-corrected chi connectivity index (χ3v) is 4.35. The Bertz CT molecular complexity index is 740. The van der Waals surface area contributed by atoms with Crippen LogP contribution in [0.5, 0.6) is 0 Å². The first-order valence-corrected chi connectivity index (χ1v) is 8.13. The minimum atomic E-state index is -0.637. The number of nitrogens with zero attached hydrogens (tertiary/aromatic N) is 1. The van der Waals surface area contributed by atoms with E-state index in [1.807, 2.05) is 25.1 Å². The summed E-state index contributed by atoms with van der Waals surface area (Å²) in [5, 5.41) is 2.86. The molecule has 0 radical (unpaired) electrons. The summed E-state index contributed by atoms with van der Waals surface area (Å²) in [7, 11) is 0. The van der Waals surface area contributed by atoms with Crippen molar-refractivity contribution >= 4 is 28.9 Å². The van der Waals surface area contributed by atoms with Gasteiger partial charge in [0.05, 0.1) is 23.8 Å². The van der Waals surface area contributed by atoms with Crippen LogP contribution in [0, 0.1) is 12.7 Å². The minimum absolute atomic E-state index is 0.0921. The van der Waals surface area contributed by atoms with E-state index in [1.54, 1.807) is 0 Å². The lowest BCUT2D eigenvalue weighted by Crippen LogP contribution is -2.36. The van der Waals surface area contributed by atoms with Crippen LogP contribution in [-0.2, 0) is 4.74 Å². The largest absolute Gasteiger partial charge is 0.378 e. The first-order chi connectivity index (χ1) is 11.6. The third kappa shape index (κ3) is 3.52. The molecule has 1 saturated heterocycles. The van der Waals surface area contributed by atoms with Crippen molar-refractivity contribution in [3.63, 3.8) is 0 Å². The number of hydrogen-bond acceptors (Lipinski definition) is 3. The Morgan fingerprint density at radius 2 is 2.00 bits per heavy atom.